The molecule has 0 saturated heterocycles. The summed E-state index contributed by atoms with van der Waals surface area (Å²) in [6.07, 6.45) is 1.69. The zero-order valence-corrected chi connectivity index (χ0v) is 18.3. The van der Waals surface area contributed by atoms with Crippen molar-refractivity contribution in [2.75, 3.05) is 5.43 Å². The first-order valence-electron chi connectivity index (χ1n) is 10.9. The van der Waals surface area contributed by atoms with Crippen molar-refractivity contribution in [2.45, 2.75) is 6.61 Å². The average molecular weight is 447 g/mol. The number of H-pyrrole nitrogens is 1. The monoisotopic (exact) mass is 446 g/mol. The van der Waals surface area contributed by atoms with Crippen LogP contribution in [0, 0.1) is 0 Å². The Balaban J connectivity index is 1.43. The molecule has 1 aromatic heterocycles. The molecule has 2 N–H and O–H groups in total. The molecule has 0 radical (unpaired) electrons. The third-order valence-electron chi connectivity index (χ3n) is 5.34. The number of aromatic amines is 1. The van der Waals surface area contributed by atoms with Gasteiger partial charge in [0.15, 0.2) is 0 Å². The Kier molecular flexibility index (Phi) is 6.12. The molecule has 0 unspecified atom stereocenters. The maximum Gasteiger partial charge on any atom is 0.252 e. The third-order valence-corrected chi connectivity index (χ3v) is 5.34. The molecule has 166 valence electrons. The lowest BCUT2D eigenvalue weighted by Gasteiger charge is -2.12. The lowest BCUT2D eigenvalue weighted by atomic mass is 10.0. The van der Waals surface area contributed by atoms with E-state index in [4.69, 9.17) is 4.74 Å². The van der Waals surface area contributed by atoms with Gasteiger partial charge in [0.2, 0.25) is 5.95 Å². The average Bonchev–Trinajstić information content (AvgIpc) is 2.89. The van der Waals surface area contributed by atoms with E-state index in [1.54, 1.807) is 6.21 Å². The molecular formula is C28H22N4O2. The number of nitrogens with zero attached hydrogens (tertiary/aromatic N) is 2. The molecule has 5 aromatic rings. The fourth-order valence-corrected chi connectivity index (χ4v) is 3.70. The number of anilines is 1. The van der Waals surface area contributed by atoms with E-state index in [9.17, 15) is 4.79 Å². The summed E-state index contributed by atoms with van der Waals surface area (Å²) in [6, 6.07) is 33.0. The second-order valence-corrected chi connectivity index (χ2v) is 7.69. The molecule has 0 amide bonds. The van der Waals surface area contributed by atoms with Gasteiger partial charge in [0.25, 0.3) is 5.56 Å². The topological polar surface area (TPSA) is 79.4 Å². The van der Waals surface area contributed by atoms with Gasteiger partial charge in [-0.3, -0.25) is 9.78 Å². The zero-order chi connectivity index (χ0) is 23.2. The van der Waals surface area contributed by atoms with Crippen LogP contribution >= 0.6 is 0 Å². The Bertz CT molecular complexity index is 1500. The van der Waals surface area contributed by atoms with E-state index < -0.39 is 0 Å². The summed E-state index contributed by atoms with van der Waals surface area (Å²) in [5.41, 5.74) is 5.93. The van der Waals surface area contributed by atoms with Crippen LogP contribution in [-0.4, -0.2) is 16.2 Å². The molecule has 4 aromatic carbocycles. The van der Waals surface area contributed by atoms with E-state index in [0.717, 1.165) is 27.5 Å². The number of fused-ring (bicyclic) bond motifs is 1. The molecule has 0 aliphatic heterocycles. The van der Waals surface area contributed by atoms with Gasteiger partial charge in [-0.2, -0.15) is 5.10 Å². The maximum absolute atomic E-state index is 12.2. The fourth-order valence-electron chi connectivity index (χ4n) is 3.70. The predicted octanol–water partition coefficient (Wildman–Crippen LogP) is 5.62. The van der Waals surface area contributed by atoms with E-state index in [1.165, 1.54) is 6.07 Å². The van der Waals surface area contributed by atoms with Gasteiger partial charge < -0.3 is 4.74 Å². The number of hydrazone groups is 1. The molecule has 0 fully saturated rings. The number of nitrogens with one attached hydrogen (secondary N) is 2. The number of hydrogen-bond donors (Lipinski definition) is 2. The van der Waals surface area contributed by atoms with Crippen LogP contribution in [0.2, 0.25) is 0 Å². The predicted molar refractivity (Wildman–Crippen MR) is 136 cm³/mol. The Hall–Kier alpha value is -4.71. The van der Waals surface area contributed by atoms with E-state index in [2.05, 4.69) is 20.5 Å². The highest BCUT2D eigenvalue weighted by atomic mass is 16.5. The first-order valence-corrected chi connectivity index (χ1v) is 10.9. The van der Waals surface area contributed by atoms with Gasteiger partial charge in [-0.05, 0) is 22.4 Å². The smallest absolute Gasteiger partial charge is 0.252 e. The highest BCUT2D eigenvalue weighted by Crippen LogP contribution is 2.27. The van der Waals surface area contributed by atoms with Crippen LogP contribution in [0.4, 0.5) is 5.95 Å². The van der Waals surface area contributed by atoms with Gasteiger partial charge in [-0.1, -0.05) is 91.0 Å². The number of benzene rings is 4. The minimum atomic E-state index is -0.261. The van der Waals surface area contributed by atoms with Gasteiger partial charge in [-0.25, -0.2) is 10.4 Å². The Morgan fingerprint density at radius 2 is 1.62 bits per heavy atom. The Morgan fingerprint density at radius 1 is 0.882 bits per heavy atom. The summed E-state index contributed by atoms with van der Waals surface area (Å²) in [5, 5.41) is 6.46. The minimum Gasteiger partial charge on any atom is -0.488 e. The van der Waals surface area contributed by atoms with Crippen LogP contribution in [0.5, 0.6) is 5.75 Å². The van der Waals surface area contributed by atoms with Crippen LogP contribution in [-0.2, 0) is 6.61 Å². The quantitative estimate of drug-likeness (QED) is 0.251. The second-order valence-electron chi connectivity index (χ2n) is 7.69. The summed E-state index contributed by atoms with van der Waals surface area (Å²) in [7, 11) is 0. The summed E-state index contributed by atoms with van der Waals surface area (Å²) >= 11 is 0. The fraction of sp³-hybridized carbons (Fsp3) is 0.0357. The number of ether oxygens (including phenoxy) is 1. The van der Waals surface area contributed by atoms with Crippen LogP contribution in [0.15, 0.2) is 113 Å². The molecule has 6 nitrogen and oxygen atoms in total. The molecule has 0 bridgehead atoms. The van der Waals surface area contributed by atoms with E-state index in [-0.39, 0.29) is 11.5 Å². The summed E-state index contributed by atoms with van der Waals surface area (Å²) in [6.45, 7) is 0.446. The molecule has 0 aliphatic rings. The van der Waals surface area contributed by atoms with Crippen molar-refractivity contribution >= 4 is 22.9 Å². The van der Waals surface area contributed by atoms with Crippen molar-refractivity contribution in [2.24, 2.45) is 5.10 Å². The van der Waals surface area contributed by atoms with E-state index in [0.29, 0.717) is 18.1 Å². The number of aromatic nitrogens is 2. The van der Waals surface area contributed by atoms with E-state index in [1.807, 2.05) is 97.1 Å². The van der Waals surface area contributed by atoms with Crippen molar-refractivity contribution in [3.63, 3.8) is 0 Å². The molecule has 34 heavy (non-hydrogen) atoms. The van der Waals surface area contributed by atoms with Gasteiger partial charge in [-0.15, -0.1) is 0 Å². The van der Waals surface area contributed by atoms with Crippen molar-refractivity contribution in [1.82, 2.24) is 9.97 Å². The van der Waals surface area contributed by atoms with Crippen molar-refractivity contribution in [3.05, 3.63) is 125 Å². The summed E-state index contributed by atoms with van der Waals surface area (Å²) < 4.78 is 6.14. The Labute approximate surface area is 196 Å². The van der Waals surface area contributed by atoms with Crippen molar-refractivity contribution in [3.8, 4) is 17.0 Å². The molecular weight excluding hydrogens is 424 g/mol. The maximum atomic E-state index is 12.2. The van der Waals surface area contributed by atoms with E-state index >= 15 is 0 Å². The van der Waals surface area contributed by atoms with Gasteiger partial charge >= 0.3 is 0 Å². The van der Waals surface area contributed by atoms with Gasteiger partial charge in [0.05, 0.1) is 11.9 Å². The zero-order valence-electron chi connectivity index (χ0n) is 18.3. The normalized spacial score (nSPS) is 11.1. The molecule has 5 rings (SSSR count). The summed E-state index contributed by atoms with van der Waals surface area (Å²) in [5.74, 6) is 0.974. The molecule has 0 saturated carbocycles. The molecule has 0 spiro atoms. The first-order chi connectivity index (χ1) is 16.8. The summed E-state index contributed by atoms with van der Waals surface area (Å²) in [4.78, 5) is 19.3. The third kappa shape index (κ3) is 4.86. The first kappa shape index (κ1) is 21.2. The highest BCUT2D eigenvalue weighted by molar-refractivity contribution is 6.02. The number of rotatable bonds is 7. The highest BCUT2D eigenvalue weighted by Gasteiger charge is 2.08. The van der Waals surface area contributed by atoms with Crippen LogP contribution in [0.3, 0.4) is 0 Å². The largest absolute Gasteiger partial charge is 0.488 e. The number of hydrogen-bond acceptors (Lipinski definition) is 5. The van der Waals surface area contributed by atoms with Crippen molar-refractivity contribution < 1.29 is 4.74 Å². The lowest BCUT2D eigenvalue weighted by molar-refractivity contribution is 0.306. The molecule has 6 heteroatoms. The Morgan fingerprint density at radius 3 is 2.44 bits per heavy atom. The lowest BCUT2D eigenvalue weighted by Crippen LogP contribution is -2.10. The van der Waals surface area contributed by atoms with Crippen LogP contribution < -0.4 is 15.7 Å². The molecule has 0 aliphatic carbocycles. The molecule has 1 heterocycles. The van der Waals surface area contributed by atoms with Crippen molar-refractivity contribution in [1.29, 1.82) is 0 Å². The minimum absolute atomic E-state index is 0.259. The van der Waals surface area contributed by atoms with Crippen LogP contribution in [0.25, 0.3) is 22.0 Å². The molecule has 0 atom stereocenters. The standard InChI is InChI=1S/C28H22N4O2/c33-27-17-25(22-12-5-2-6-13-22)30-28(31-27)32-29-18-24-23-14-8-7-11-21(23)15-16-26(24)34-19-20-9-3-1-4-10-20/h1-18H,19H2,(H2,30,31,32,33)/b29-18+. The van der Waals surface area contributed by atoms with Crippen LogP contribution in [0.1, 0.15) is 11.1 Å². The SMILES string of the molecule is O=c1cc(-c2ccccc2)nc(N/N=C/c2c(OCc3ccccc3)ccc3ccccc23)[nH]1. The second kappa shape index (κ2) is 9.83. The van der Waals surface area contributed by atoms with Gasteiger partial charge in [0, 0.05) is 17.2 Å². The van der Waals surface area contributed by atoms with Gasteiger partial charge in [0.1, 0.15) is 12.4 Å².